The number of nitrogens with two attached hydrogens (primary N) is 1. The Morgan fingerprint density at radius 2 is 2.00 bits per heavy atom. The molecule has 0 saturated carbocycles. The van der Waals surface area contributed by atoms with Gasteiger partial charge in [0.25, 0.3) is 5.89 Å². The van der Waals surface area contributed by atoms with Gasteiger partial charge < -0.3 is 15.1 Å². The van der Waals surface area contributed by atoms with Gasteiger partial charge in [-0.1, -0.05) is 0 Å². The van der Waals surface area contributed by atoms with Crippen molar-refractivity contribution >= 4 is 5.91 Å². The van der Waals surface area contributed by atoms with Crippen molar-refractivity contribution in [3.8, 4) is 11.3 Å². The lowest BCUT2D eigenvalue weighted by Gasteiger charge is -2.26. The zero-order valence-electron chi connectivity index (χ0n) is 12.2. The highest BCUT2D eigenvalue weighted by Gasteiger charge is 2.26. The van der Waals surface area contributed by atoms with E-state index in [1.807, 2.05) is 0 Å². The molecule has 0 spiro atoms. The number of oxazole rings is 1. The molecule has 0 atom stereocenters. The van der Waals surface area contributed by atoms with Crippen molar-refractivity contribution in [1.82, 2.24) is 4.98 Å². The Labute approximate surface area is 127 Å². The fraction of sp³-hybridized carbons (Fsp3) is 0.375. The minimum atomic E-state index is -0.273. The molecule has 0 unspecified atom stereocenters. The number of quaternary nitrogens is 1. The first kappa shape index (κ1) is 14.7. The van der Waals surface area contributed by atoms with Gasteiger partial charge in [-0.15, -0.1) is 0 Å². The summed E-state index contributed by atoms with van der Waals surface area (Å²) >= 11 is 0. The summed E-state index contributed by atoms with van der Waals surface area (Å²) in [5, 5.41) is 0. The third-order valence-corrected chi connectivity index (χ3v) is 4.18. The summed E-state index contributed by atoms with van der Waals surface area (Å²) in [6.07, 6.45) is 3.30. The Morgan fingerprint density at radius 3 is 2.64 bits per heavy atom. The van der Waals surface area contributed by atoms with E-state index >= 15 is 0 Å². The number of aromatic nitrogens is 1. The molecule has 2 aromatic rings. The van der Waals surface area contributed by atoms with E-state index in [1.54, 1.807) is 18.3 Å². The van der Waals surface area contributed by atoms with Crippen LogP contribution >= 0.6 is 0 Å². The third-order valence-electron chi connectivity index (χ3n) is 4.18. The van der Waals surface area contributed by atoms with E-state index in [0.29, 0.717) is 18.2 Å². The van der Waals surface area contributed by atoms with Crippen LogP contribution in [-0.2, 0) is 11.3 Å². The molecule has 1 aliphatic rings. The lowest BCUT2D eigenvalue weighted by atomic mass is 9.96. The van der Waals surface area contributed by atoms with E-state index in [1.165, 1.54) is 17.0 Å². The number of piperidine rings is 1. The maximum atomic E-state index is 12.9. The highest BCUT2D eigenvalue weighted by Crippen LogP contribution is 2.20. The number of primary amides is 1. The van der Waals surface area contributed by atoms with Crippen LogP contribution in [0.1, 0.15) is 18.7 Å². The van der Waals surface area contributed by atoms with Crippen LogP contribution in [0.3, 0.4) is 0 Å². The van der Waals surface area contributed by atoms with Gasteiger partial charge in [0, 0.05) is 24.3 Å². The number of benzene rings is 1. The molecule has 22 heavy (non-hydrogen) atoms. The van der Waals surface area contributed by atoms with Crippen LogP contribution in [0.25, 0.3) is 11.3 Å². The van der Waals surface area contributed by atoms with Crippen molar-refractivity contribution in [2.45, 2.75) is 19.4 Å². The zero-order chi connectivity index (χ0) is 15.5. The molecule has 0 radical (unpaired) electrons. The highest BCUT2D eigenvalue weighted by molar-refractivity contribution is 5.76. The van der Waals surface area contributed by atoms with Crippen LogP contribution < -0.4 is 10.6 Å². The molecule has 1 aromatic carbocycles. The van der Waals surface area contributed by atoms with Crippen LogP contribution in [0, 0.1) is 11.7 Å². The predicted octanol–water partition coefficient (Wildman–Crippen LogP) is 0.761. The predicted molar refractivity (Wildman–Crippen MR) is 78.2 cm³/mol. The van der Waals surface area contributed by atoms with Crippen molar-refractivity contribution in [3.05, 3.63) is 42.2 Å². The molecule has 0 bridgehead atoms. The van der Waals surface area contributed by atoms with Gasteiger partial charge >= 0.3 is 0 Å². The number of hydrogen-bond donors (Lipinski definition) is 2. The van der Waals surface area contributed by atoms with Gasteiger partial charge in [-0.3, -0.25) is 4.79 Å². The average molecular weight is 304 g/mol. The van der Waals surface area contributed by atoms with E-state index in [2.05, 4.69) is 4.98 Å². The topological polar surface area (TPSA) is 73.6 Å². The molecule has 5 nitrogen and oxygen atoms in total. The number of likely N-dealkylation sites (tertiary alicyclic amines) is 1. The first-order chi connectivity index (χ1) is 10.6. The van der Waals surface area contributed by atoms with Crippen LogP contribution in [0.5, 0.6) is 0 Å². The second-order valence-corrected chi connectivity index (χ2v) is 5.73. The number of carbonyl (C=O) groups is 1. The van der Waals surface area contributed by atoms with Gasteiger partial charge in [0.1, 0.15) is 5.82 Å². The van der Waals surface area contributed by atoms with Crippen molar-refractivity contribution in [3.63, 3.8) is 0 Å². The Morgan fingerprint density at radius 1 is 1.32 bits per heavy atom. The summed E-state index contributed by atoms with van der Waals surface area (Å²) in [6.45, 7) is 2.47. The lowest BCUT2D eigenvalue weighted by Crippen LogP contribution is -3.11. The molecular weight excluding hydrogens is 285 g/mol. The zero-order valence-corrected chi connectivity index (χ0v) is 12.2. The first-order valence-electron chi connectivity index (χ1n) is 7.45. The average Bonchev–Trinajstić information content (AvgIpc) is 2.97. The molecule has 3 rings (SSSR count). The van der Waals surface area contributed by atoms with E-state index in [0.717, 1.165) is 31.5 Å². The summed E-state index contributed by atoms with van der Waals surface area (Å²) in [4.78, 5) is 16.8. The molecule has 1 aliphatic heterocycles. The number of amides is 1. The minimum absolute atomic E-state index is 0.00286. The van der Waals surface area contributed by atoms with E-state index < -0.39 is 0 Å². The fourth-order valence-corrected chi connectivity index (χ4v) is 2.84. The van der Waals surface area contributed by atoms with Crippen LogP contribution in [-0.4, -0.2) is 24.0 Å². The van der Waals surface area contributed by atoms with E-state index in [4.69, 9.17) is 10.2 Å². The Balaban J connectivity index is 1.60. The molecule has 3 N–H and O–H groups in total. The Hall–Kier alpha value is -2.21. The quantitative estimate of drug-likeness (QED) is 0.876. The number of hydrogen-bond acceptors (Lipinski definition) is 3. The van der Waals surface area contributed by atoms with Gasteiger partial charge in [0.2, 0.25) is 5.91 Å². The van der Waals surface area contributed by atoms with E-state index in [9.17, 15) is 9.18 Å². The van der Waals surface area contributed by atoms with Gasteiger partial charge in [-0.2, -0.15) is 0 Å². The molecule has 116 valence electrons. The summed E-state index contributed by atoms with van der Waals surface area (Å²) in [5.74, 6) is 0.829. The van der Waals surface area contributed by atoms with Crippen LogP contribution in [0.2, 0.25) is 0 Å². The van der Waals surface area contributed by atoms with Crippen molar-refractivity contribution in [1.29, 1.82) is 0 Å². The summed E-state index contributed by atoms with van der Waals surface area (Å²) in [7, 11) is 0. The van der Waals surface area contributed by atoms with E-state index in [-0.39, 0.29) is 17.6 Å². The number of halogens is 1. The summed E-state index contributed by atoms with van der Waals surface area (Å²) in [5.41, 5.74) is 6.15. The summed E-state index contributed by atoms with van der Waals surface area (Å²) < 4.78 is 18.7. The van der Waals surface area contributed by atoms with Crippen molar-refractivity contribution in [2.24, 2.45) is 11.7 Å². The van der Waals surface area contributed by atoms with Gasteiger partial charge in [-0.05, 0) is 24.3 Å². The summed E-state index contributed by atoms with van der Waals surface area (Å²) in [6, 6.07) is 6.14. The minimum Gasteiger partial charge on any atom is -0.435 e. The molecule has 1 amide bonds. The van der Waals surface area contributed by atoms with Crippen molar-refractivity contribution in [2.75, 3.05) is 13.1 Å². The smallest absolute Gasteiger partial charge is 0.250 e. The molecule has 2 heterocycles. The van der Waals surface area contributed by atoms with Gasteiger partial charge in [-0.25, -0.2) is 9.37 Å². The largest absolute Gasteiger partial charge is 0.435 e. The molecule has 1 aromatic heterocycles. The first-order valence-corrected chi connectivity index (χ1v) is 7.45. The lowest BCUT2D eigenvalue weighted by molar-refractivity contribution is -0.920. The Bertz CT molecular complexity index is 646. The molecule has 1 fully saturated rings. The second-order valence-electron chi connectivity index (χ2n) is 5.73. The monoisotopic (exact) mass is 304 g/mol. The standard InChI is InChI=1S/C16H18FN3O2/c17-13-3-1-11(2-4-13)14-9-19-15(22-14)10-20-7-5-12(6-8-20)16(18)21/h1-4,9,12H,5-8,10H2,(H2,18,21)/p+1. The maximum absolute atomic E-state index is 12.9. The van der Waals surface area contributed by atoms with Crippen LogP contribution in [0.4, 0.5) is 4.39 Å². The third kappa shape index (κ3) is 3.33. The molecular formula is C16H19FN3O2+. The molecule has 6 heteroatoms. The highest BCUT2D eigenvalue weighted by atomic mass is 19.1. The van der Waals surface area contributed by atoms with Crippen LogP contribution in [0.15, 0.2) is 34.9 Å². The SMILES string of the molecule is NC(=O)C1CC[NH+](Cc2ncc(-c3ccc(F)cc3)o2)CC1. The number of nitrogens with zero attached hydrogens (tertiary/aromatic N) is 1. The number of rotatable bonds is 4. The molecule has 1 saturated heterocycles. The van der Waals surface area contributed by atoms with Crippen molar-refractivity contribution < 1.29 is 18.5 Å². The molecule has 0 aliphatic carbocycles. The second kappa shape index (κ2) is 6.27. The fourth-order valence-electron chi connectivity index (χ4n) is 2.84. The van der Waals surface area contributed by atoms with Gasteiger partial charge in [0.15, 0.2) is 12.3 Å². The number of carbonyl (C=O) groups excluding carboxylic acids is 1. The number of nitrogens with one attached hydrogen (secondary N) is 1. The van der Waals surface area contributed by atoms with Gasteiger partial charge in [0.05, 0.1) is 19.3 Å². The normalized spacial score (nSPS) is 21.7. The Kier molecular flexibility index (Phi) is 4.20. The maximum Gasteiger partial charge on any atom is 0.250 e.